The lowest BCUT2D eigenvalue weighted by Gasteiger charge is -2.33. The number of piperidine rings is 1. The number of nitrogens with zero attached hydrogens (tertiary/aromatic N) is 3. The number of amides is 2. The molecule has 0 atom stereocenters. The number of hydrogen-bond acceptors (Lipinski definition) is 5. The molecule has 1 aliphatic heterocycles. The second kappa shape index (κ2) is 9.65. The van der Waals surface area contributed by atoms with Crippen molar-refractivity contribution in [2.24, 2.45) is 5.73 Å². The van der Waals surface area contributed by atoms with E-state index in [1.807, 2.05) is 75.4 Å². The van der Waals surface area contributed by atoms with Gasteiger partial charge in [-0.3, -0.25) is 4.79 Å². The number of ether oxygens (including phenoxy) is 2. The van der Waals surface area contributed by atoms with Gasteiger partial charge in [-0.2, -0.15) is 5.10 Å². The van der Waals surface area contributed by atoms with Crippen LogP contribution in [-0.4, -0.2) is 50.2 Å². The molecule has 2 amide bonds. The van der Waals surface area contributed by atoms with Crippen LogP contribution < -0.4 is 10.5 Å². The van der Waals surface area contributed by atoms with Crippen molar-refractivity contribution in [1.29, 1.82) is 0 Å². The van der Waals surface area contributed by atoms with Crippen molar-refractivity contribution < 1.29 is 19.1 Å². The highest BCUT2D eigenvalue weighted by atomic mass is 16.6. The van der Waals surface area contributed by atoms with E-state index in [1.54, 1.807) is 15.6 Å². The van der Waals surface area contributed by atoms with Gasteiger partial charge in [0.2, 0.25) is 0 Å². The normalized spacial score (nSPS) is 14.6. The number of primary amides is 1. The van der Waals surface area contributed by atoms with Gasteiger partial charge in [0, 0.05) is 24.2 Å². The van der Waals surface area contributed by atoms with Crippen LogP contribution in [0.25, 0.3) is 16.9 Å². The molecule has 0 bridgehead atoms. The largest absolute Gasteiger partial charge is 0.457 e. The molecule has 3 heterocycles. The molecule has 1 fully saturated rings. The van der Waals surface area contributed by atoms with Crippen molar-refractivity contribution in [1.82, 2.24) is 19.5 Å². The van der Waals surface area contributed by atoms with Crippen molar-refractivity contribution in [3.05, 3.63) is 72.1 Å². The Morgan fingerprint density at radius 3 is 2.27 bits per heavy atom. The molecule has 0 aliphatic carbocycles. The highest BCUT2D eigenvalue weighted by molar-refractivity contribution is 5.98. The summed E-state index contributed by atoms with van der Waals surface area (Å²) in [6.07, 6.45) is 3.04. The number of fused-ring (bicyclic) bond motifs is 1. The third-order valence-corrected chi connectivity index (χ3v) is 6.43. The van der Waals surface area contributed by atoms with Crippen molar-refractivity contribution in [3.8, 4) is 22.8 Å². The number of hydrogen-bond donors (Lipinski definition) is 2. The summed E-state index contributed by atoms with van der Waals surface area (Å²) >= 11 is 0. The van der Waals surface area contributed by atoms with Crippen molar-refractivity contribution in [3.63, 3.8) is 0 Å². The topological polar surface area (TPSA) is 115 Å². The van der Waals surface area contributed by atoms with E-state index in [0.29, 0.717) is 30.2 Å². The molecule has 0 unspecified atom stereocenters. The van der Waals surface area contributed by atoms with Crippen LogP contribution in [0.5, 0.6) is 11.5 Å². The van der Waals surface area contributed by atoms with E-state index in [2.05, 4.69) is 10.1 Å². The summed E-state index contributed by atoms with van der Waals surface area (Å²) in [5.74, 6) is 1.04. The Morgan fingerprint density at radius 2 is 1.65 bits per heavy atom. The summed E-state index contributed by atoms with van der Waals surface area (Å²) in [4.78, 5) is 30.0. The molecule has 9 nitrogen and oxygen atoms in total. The molecule has 192 valence electrons. The molecule has 0 radical (unpaired) electrons. The van der Waals surface area contributed by atoms with Crippen LogP contribution in [0, 0.1) is 0 Å². The van der Waals surface area contributed by atoms with Gasteiger partial charge in [0.1, 0.15) is 22.7 Å². The maximum Gasteiger partial charge on any atom is 0.410 e. The first-order chi connectivity index (χ1) is 17.7. The van der Waals surface area contributed by atoms with E-state index in [1.165, 1.54) is 0 Å². The summed E-state index contributed by atoms with van der Waals surface area (Å²) in [5.41, 5.74) is 8.70. The number of imidazole rings is 1. The minimum atomic E-state index is -0.569. The minimum Gasteiger partial charge on any atom is -0.457 e. The van der Waals surface area contributed by atoms with Crippen LogP contribution in [0.15, 0.2) is 60.8 Å². The number of nitrogens with two attached hydrogens (primary N) is 1. The number of H-pyrrole nitrogens is 1. The van der Waals surface area contributed by atoms with Crippen LogP contribution in [0.4, 0.5) is 4.79 Å². The first kappa shape index (κ1) is 24.4. The lowest BCUT2D eigenvalue weighted by atomic mass is 9.91. The van der Waals surface area contributed by atoms with E-state index in [-0.39, 0.29) is 12.0 Å². The van der Waals surface area contributed by atoms with Gasteiger partial charge < -0.3 is 25.1 Å². The van der Waals surface area contributed by atoms with Gasteiger partial charge in [0.25, 0.3) is 5.91 Å². The number of benzene rings is 2. The smallest absolute Gasteiger partial charge is 0.410 e. The average Bonchev–Trinajstić information content (AvgIpc) is 3.44. The fraction of sp³-hybridized carbons (Fsp3) is 0.321. The summed E-state index contributed by atoms with van der Waals surface area (Å²) in [5, 5.41) is 4.49. The molecule has 0 spiro atoms. The molecule has 3 N–H and O–H groups in total. The van der Waals surface area contributed by atoms with Gasteiger partial charge in [-0.1, -0.05) is 18.2 Å². The third-order valence-electron chi connectivity index (χ3n) is 6.43. The Hall–Kier alpha value is -4.27. The van der Waals surface area contributed by atoms with Gasteiger partial charge in [0.05, 0.1) is 11.9 Å². The zero-order valence-corrected chi connectivity index (χ0v) is 21.2. The molecule has 1 saturated heterocycles. The number of aromatic nitrogens is 3. The molecule has 5 rings (SSSR count). The Labute approximate surface area is 215 Å². The number of aromatic amines is 1. The van der Waals surface area contributed by atoms with Gasteiger partial charge in [-0.05, 0) is 75.9 Å². The molecule has 9 heteroatoms. The summed E-state index contributed by atoms with van der Waals surface area (Å²) < 4.78 is 13.0. The molecule has 4 aromatic rings. The Morgan fingerprint density at radius 1 is 1.00 bits per heavy atom. The Bertz CT molecular complexity index is 1410. The van der Waals surface area contributed by atoms with Gasteiger partial charge in [-0.25, -0.2) is 9.31 Å². The Balaban J connectivity index is 1.37. The number of carbonyl (C=O) groups excluding carboxylic acids is 2. The summed E-state index contributed by atoms with van der Waals surface area (Å²) in [7, 11) is 0. The third kappa shape index (κ3) is 5.16. The number of para-hydroxylation sites is 1. The van der Waals surface area contributed by atoms with E-state index in [4.69, 9.17) is 15.2 Å². The fourth-order valence-electron chi connectivity index (χ4n) is 4.69. The van der Waals surface area contributed by atoms with Crippen molar-refractivity contribution in [2.75, 3.05) is 13.1 Å². The SMILES string of the molecule is CC(C)(C)OC(=O)N1CCC(c2cnn3c(C(N)=O)c(-c4ccc(Oc5ccccc5)cc4)[nH]c23)CC1. The maximum absolute atomic E-state index is 12.5. The predicted molar refractivity (Wildman–Crippen MR) is 140 cm³/mol. The first-order valence-electron chi connectivity index (χ1n) is 12.4. The van der Waals surface area contributed by atoms with E-state index >= 15 is 0 Å². The highest BCUT2D eigenvalue weighted by Crippen LogP contribution is 2.34. The molecular weight excluding hydrogens is 470 g/mol. The minimum absolute atomic E-state index is 0.185. The van der Waals surface area contributed by atoms with E-state index in [0.717, 1.165) is 35.4 Å². The number of carbonyl (C=O) groups is 2. The zero-order valence-electron chi connectivity index (χ0n) is 21.2. The van der Waals surface area contributed by atoms with Gasteiger partial charge >= 0.3 is 6.09 Å². The van der Waals surface area contributed by atoms with Crippen LogP contribution in [0.3, 0.4) is 0 Å². The van der Waals surface area contributed by atoms with E-state index in [9.17, 15) is 9.59 Å². The highest BCUT2D eigenvalue weighted by Gasteiger charge is 2.30. The zero-order chi connectivity index (χ0) is 26.2. The van der Waals surface area contributed by atoms with Crippen LogP contribution in [0.1, 0.15) is 55.6 Å². The van der Waals surface area contributed by atoms with Crippen molar-refractivity contribution in [2.45, 2.75) is 45.1 Å². The van der Waals surface area contributed by atoms with Crippen LogP contribution in [0.2, 0.25) is 0 Å². The van der Waals surface area contributed by atoms with E-state index < -0.39 is 11.5 Å². The molecule has 2 aromatic carbocycles. The molecule has 37 heavy (non-hydrogen) atoms. The van der Waals surface area contributed by atoms with Crippen molar-refractivity contribution >= 4 is 17.6 Å². The monoisotopic (exact) mass is 501 g/mol. The number of nitrogens with one attached hydrogen (secondary N) is 1. The standard InChI is InChI=1S/C28H31N5O4/c1-28(2,3)37-27(35)32-15-13-18(14-16-32)22-17-30-33-24(25(29)34)23(31-26(22)33)19-9-11-21(12-10-19)36-20-7-5-4-6-8-20/h4-12,17-18,31H,13-16H2,1-3H3,(H2,29,34). The average molecular weight is 502 g/mol. The predicted octanol–water partition coefficient (Wildman–Crippen LogP) is 5.34. The Kier molecular flexibility index (Phi) is 6.37. The number of likely N-dealkylation sites (tertiary alicyclic amines) is 1. The lowest BCUT2D eigenvalue weighted by Crippen LogP contribution is -2.41. The second-order valence-electron chi connectivity index (χ2n) is 10.3. The molecular formula is C28H31N5O4. The fourth-order valence-corrected chi connectivity index (χ4v) is 4.69. The number of rotatable bonds is 5. The molecule has 1 aliphatic rings. The maximum atomic E-state index is 12.5. The van der Waals surface area contributed by atoms with Crippen LogP contribution in [-0.2, 0) is 4.74 Å². The van der Waals surface area contributed by atoms with Gasteiger partial charge in [-0.15, -0.1) is 0 Å². The molecule has 0 saturated carbocycles. The summed E-state index contributed by atoms with van der Waals surface area (Å²) in [6, 6.07) is 17.0. The first-order valence-corrected chi connectivity index (χ1v) is 12.4. The van der Waals surface area contributed by atoms with Crippen LogP contribution >= 0.6 is 0 Å². The lowest BCUT2D eigenvalue weighted by molar-refractivity contribution is 0.0205. The molecule has 2 aromatic heterocycles. The quantitative estimate of drug-likeness (QED) is 0.383. The summed E-state index contributed by atoms with van der Waals surface area (Å²) in [6.45, 7) is 6.78. The van der Waals surface area contributed by atoms with Gasteiger partial charge in [0.15, 0.2) is 5.69 Å². The second-order valence-corrected chi connectivity index (χ2v) is 10.3.